The molecule has 0 fully saturated rings. The number of nitrogens with zero attached hydrogens (tertiary/aromatic N) is 3. The zero-order chi connectivity index (χ0) is 21.2. The molecule has 1 aromatic heterocycles. The lowest BCUT2D eigenvalue weighted by Crippen LogP contribution is -2.15. The number of hydrogen-bond donors (Lipinski definition) is 1. The third-order valence-electron chi connectivity index (χ3n) is 5.26. The number of amides is 1. The number of carbonyl (C=O) groups excluding carboxylic acids is 1. The van der Waals surface area contributed by atoms with Crippen molar-refractivity contribution < 1.29 is 4.79 Å². The zero-order valence-electron chi connectivity index (χ0n) is 16.6. The lowest BCUT2D eigenvalue weighted by molar-refractivity contribution is -0.115. The summed E-state index contributed by atoms with van der Waals surface area (Å²) in [4.78, 5) is 17.3. The Labute approximate surface area is 179 Å². The van der Waals surface area contributed by atoms with Crippen molar-refractivity contribution in [3.63, 3.8) is 0 Å². The van der Waals surface area contributed by atoms with Gasteiger partial charge in [-0.25, -0.2) is 0 Å². The standard InChI is InChI=1S/C26H18N4O/c27-16-18-5-4-8-20(13-18)24-15-26(31)29-25-14-22(9-10-23(25)28-24)30-12-11-21(17-30)19-6-2-1-3-7-19/h1-14,17H,15H2,(H,29,31). The SMILES string of the molecule is N#Cc1cccc(C2=Nc3ccc(-n4ccc(-c5ccccc5)c4)cc3NC(=O)C2)c1. The van der Waals surface area contributed by atoms with Crippen LogP contribution >= 0.6 is 0 Å². The number of rotatable bonds is 3. The average molecular weight is 402 g/mol. The van der Waals surface area contributed by atoms with Crippen molar-refractivity contribution in [2.24, 2.45) is 4.99 Å². The number of aromatic nitrogens is 1. The Bertz CT molecular complexity index is 1360. The number of benzene rings is 3. The van der Waals surface area contributed by atoms with Gasteiger partial charge in [0, 0.05) is 18.1 Å². The van der Waals surface area contributed by atoms with Gasteiger partial charge in [-0.05, 0) is 53.1 Å². The quantitative estimate of drug-likeness (QED) is 0.493. The number of aliphatic imine (C=N–C) groups is 1. The highest BCUT2D eigenvalue weighted by Gasteiger charge is 2.18. The number of fused-ring (bicyclic) bond motifs is 1. The number of nitriles is 1. The van der Waals surface area contributed by atoms with E-state index < -0.39 is 0 Å². The summed E-state index contributed by atoms with van der Waals surface area (Å²) >= 11 is 0. The number of carbonyl (C=O) groups is 1. The smallest absolute Gasteiger partial charge is 0.230 e. The Morgan fingerprint density at radius 2 is 1.74 bits per heavy atom. The summed E-state index contributed by atoms with van der Waals surface area (Å²) in [5.74, 6) is -0.130. The fraction of sp³-hybridized carbons (Fsp3) is 0.0385. The summed E-state index contributed by atoms with van der Waals surface area (Å²) in [5, 5.41) is 12.1. The third kappa shape index (κ3) is 3.75. The summed E-state index contributed by atoms with van der Waals surface area (Å²) in [6.07, 6.45) is 4.23. The topological polar surface area (TPSA) is 70.2 Å². The molecule has 0 bridgehead atoms. The molecule has 31 heavy (non-hydrogen) atoms. The average Bonchev–Trinajstić information content (AvgIpc) is 3.24. The van der Waals surface area contributed by atoms with Crippen LogP contribution in [0.3, 0.4) is 0 Å². The van der Waals surface area contributed by atoms with Crippen LogP contribution in [0.1, 0.15) is 17.5 Å². The molecule has 3 aromatic carbocycles. The Kier molecular flexibility index (Phi) is 4.66. The van der Waals surface area contributed by atoms with Gasteiger partial charge in [0.15, 0.2) is 0 Å². The van der Waals surface area contributed by atoms with Crippen LogP contribution in [0.15, 0.2) is 96.2 Å². The fourth-order valence-electron chi connectivity index (χ4n) is 3.71. The number of hydrogen-bond acceptors (Lipinski definition) is 3. The third-order valence-corrected chi connectivity index (χ3v) is 5.26. The molecule has 0 atom stereocenters. The molecule has 1 aliphatic rings. The minimum absolute atomic E-state index is 0.130. The van der Waals surface area contributed by atoms with Crippen LogP contribution in [0.2, 0.25) is 0 Å². The lowest BCUT2D eigenvalue weighted by Gasteiger charge is -2.09. The van der Waals surface area contributed by atoms with Crippen molar-refractivity contribution in [2.75, 3.05) is 5.32 Å². The maximum absolute atomic E-state index is 12.6. The first-order valence-corrected chi connectivity index (χ1v) is 9.95. The predicted molar refractivity (Wildman–Crippen MR) is 122 cm³/mol. The molecule has 0 saturated heterocycles. The van der Waals surface area contributed by atoms with Gasteiger partial charge < -0.3 is 9.88 Å². The van der Waals surface area contributed by atoms with Crippen molar-refractivity contribution in [1.82, 2.24) is 4.57 Å². The molecule has 0 unspecified atom stereocenters. The predicted octanol–water partition coefficient (Wildman–Crippen LogP) is 5.48. The molecule has 1 aliphatic heterocycles. The van der Waals surface area contributed by atoms with Gasteiger partial charge in [0.1, 0.15) is 0 Å². The number of anilines is 1. The lowest BCUT2D eigenvalue weighted by atomic mass is 10.0. The van der Waals surface area contributed by atoms with Crippen molar-refractivity contribution in [1.29, 1.82) is 5.26 Å². The molecule has 5 heteroatoms. The second kappa shape index (κ2) is 7.77. The van der Waals surface area contributed by atoms with Crippen LogP contribution in [0.4, 0.5) is 11.4 Å². The van der Waals surface area contributed by atoms with Crippen LogP contribution in [0.25, 0.3) is 16.8 Å². The normalized spacial score (nSPS) is 12.9. The van der Waals surface area contributed by atoms with E-state index in [1.807, 2.05) is 53.2 Å². The second-order valence-electron chi connectivity index (χ2n) is 7.35. The van der Waals surface area contributed by atoms with Gasteiger partial charge in [0.05, 0.1) is 35.1 Å². The van der Waals surface area contributed by atoms with E-state index in [2.05, 4.69) is 35.8 Å². The summed E-state index contributed by atoms with van der Waals surface area (Å²) in [5.41, 5.74) is 6.55. The van der Waals surface area contributed by atoms with Crippen LogP contribution in [0, 0.1) is 11.3 Å². The van der Waals surface area contributed by atoms with Gasteiger partial charge in [-0.1, -0.05) is 42.5 Å². The van der Waals surface area contributed by atoms with Crippen LogP contribution in [-0.2, 0) is 4.79 Å². The Morgan fingerprint density at radius 1 is 0.903 bits per heavy atom. The van der Waals surface area contributed by atoms with Gasteiger partial charge in [-0.2, -0.15) is 5.26 Å². The summed E-state index contributed by atoms with van der Waals surface area (Å²) in [7, 11) is 0. The molecule has 5 nitrogen and oxygen atoms in total. The molecular formula is C26H18N4O. The highest BCUT2D eigenvalue weighted by Crippen LogP contribution is 2.32. The van der Waals surface area contributed by atoms with Crippen molar-refractivity contribution in [3.8, 4) is 22.9 Å². The van der Waals surface area contributed by atoms with E-state index in [0.29, 0.717) is 22.6 Å². The Balaban J connectivity index is 1.51. The molecule has 5 rings (SSSR count). The molecule has 0 radical (unpaired) electrons. The Hall–Kier alpha value is -4.43. The molecule has 4 aromatic rings. The summed E-state index contributed by atoms with van der Waals surface area (Å²) in [6, 6.07) is 27.4. The molecule has 0 saturated carbocycles. The van der Waals surface area contributed by atoms with Crippen LogP contribution in [0.5, 0.6) is 0 Å². The molecular weight excluding hydrogens is 384 g/mol. The minimum atomic E-state index is -0.130. The van der Waals surface area contributed by atoms with E-state index in [9.17, 15) is 4.79 Å². The van der Waals surface area contributed by atoms with Gasteiger partial charge in [0.2, 0.25) is 5.91 Å². The van der Waals surface area contributed by atoms with Crippen LogP contribution < -0.4 is 5.32 Å². The van der Waals surface area contributed by atoms with E-state index in [-0.39, 0.29) is 12.3 Å². The zero-order valence-corrected chi connectivity index (χ0v) is 16.6. The van der Waals surface area contributed by atoms with E-state index >= 15 is 0 Å². The van der Waals surface area contributed by atoms with Gasteiger partial charge >= 0.3 is 0 Å². The van der Waals surface area contributed by atoms with E-state index in [1.165, 1.54) is 0 Å². The van der Waals surface area contributed by atoms with Crippen molar-refractivity contribution in [3.05, 3.63) is 102 Å². The van der Waals surface area contributed by atoms with Crippen LogP contribution in [-0.4, -0.2) is 16.2 Å². The van der Waals surface area contributed by atoms with Crippen molar-refractivity contribution in [2.45, 2.75) is 6.42 Å². The molecule has 0 spiro atoms. The first kappa shape index (κ1) is 18.6. The van der Waals surface area contributed by atoms with Gasteiger partial charge in [0.25, 0.3) is 0 Å². The van der Waals surface area contributed by atoms with Crippen molar-refractivity contribution >= 4 is 23.0 Å². The monoisotopic (exact) mass is 402 g/mol. The maximum atomic E-state index is 12.6. The van der Waals surface area contributed by atoms with E-state index in [4.69, 9.17) is 10.3 Å². The molecule has 1 amide bonds. The molecule has 148 valence electrons. The second-order valence-corrected chi connectivity index (χ2v) is 7.35. The molecule has 1 N–H and O–H groups in total. The largest absolute Gasteiger partial charge is 0.324 e. The minimum Gasteiger partial charge on any atom is -0.324 e. The summed E-state index contributed by atoms with van der Waals surface area (Å²) < 4.78 is 2.03. The fourth-order valence-corrected chi connectivity index (χ4v) is 3.71. The maximum Gasteiger partial charge on any atom is 0.230 e. The van der Waals surface area contributed by atoms with Gasteiger partial charge in [-0.3, -0.25) is 9.79 Å². The van der Waals surface area contributed by atoms with E-state index in [1.54, 1.807) is 18.2 Å². The molecule has 0 aliphatic carbocycles. The first-order valence-electron chi connectivity index (χ1n) is 9.95. The summed E-state index contributed by atoms with van der Waals surface area (Å²) in [6.45, 7) is 0. The van der Waals surface area contributed by atoms with Gasteiger partial charge in [-0.15, -0.1) is 0 Å². The number of nitrogens with one attached hydrogen (secondary N) is 1. The first-order chi connectivity index (χ1) is 15.2. The highest BCUT2D eigenvalue weighted by atomic mass is 16.1. The van der Waals surface area contributed by atoms with E-state index in [0.717, 1.165) is 22.4 Å². The molecule has 2 heterocycles. The highest BCUT2D eigenvalue weighted by molar-refractivity contribution is 6.17. The Morgan fingerprint density at radius 3 is 2.58 bits per heavy atom.